The first-order valence-electron chi connectivity index (χ1n) is 7.28. The molecular formula is C16H20ClN5O2. The lowest BCUT2D eigenvalue weighted by atomic mass is 10.1. The highest BCUT2D eigenvalue weighted by molar-refractivity contribution is 6.31. The maximum Gasteiger partial charge on any atom is 0.321 e. The highest BCUT2D eigenvalue weighted by atomic mass is 35.5. The topological polar surface area (TPSA) is 70.5 Å². The van der Waals surface area contributed by atoms with Crippen LogP contribution in [0.4, 0.5) is 10.5 Å². The number of anilines is 1. The van der Waals surface area contributed by atoms with Gasteiger partial charge in [0.1, 0.15) is 0 Å². The van der Waals surface area contributed by atoms with E-state index in [2.05, 4.69) is 10.4 Å². The van der Waals surface area contributed by atoms with Gasteiger partial charge >= 0.3 is 6.03 Å². The fraction of sp³-hybridized carbons (Fsp3) is 0.312. The van der Waals surface area contributed by atoms with E-state index in [4.69, 9.17) is 11.6 Å². The number of urea groups is 1. The zero-order valence-corrected chi connectivity index (χ0v) is 14.8. The minimum atomic E-state index is -0.339. The summed E-state index contributed by atoms with van der Waals surface area (Å²) in [6.07, 6.45) is 3.54. The van der Waals surface area contributed by atoms with Gasteiger partial charge in [0, 0.05) is 45.0 Å². The molecule has 2 rings (SSSR count). The molecule has 0 fully saturated rings. The van der Waals surface area contributed by atoms with Crippen LogP contribution in [0.5, 0.6) is 0 Å². The van der Waals surface area contributed by atoms with Gasteiger partial charge in [-0.1, -0.05) is 11.6 Å². The van der Waals surface area contributed by atoms with Crippen molar-refractivity contribution in [2.24, 2.45) is 7.05 Å². The molecule has 0 spiro atoms. The second-order valence-corrected chi connectivity index (χ2v) is 6.13. The number of rotatable bonds is 4. The van der Waals surface area contributed by atoms with E-state index in [1.54, 1.807) is 50.2 Å². The molecule has 1 heterocycles. The second kappa shape index (κ2) is 7.35. The Labute approximate surface area is 145 Å². The van der Waals surface area contributed by atoms with Crippen LogP contribution in [0.3, 0.4) is 0 Å². The number of benzene rings is 1. The summed E-state index contributed by atoms with van der Waals surface area (Å²) in [5.41, 5.74) is 1.67. The lowest BCUT2D eigenvalue weighted by molar-refractivity contribution is 0.0828. The molecule has 0 radical (unpaired) electrons. The Balaban J connectivity index is 2.15. The molecule has 0 aliphatic heterocycles. The minimum Gasteiger partial charge on any atom is -0.345 e. The van der Waals surface area contributed by atoms with Crippen LogP contribution in [0.2, 0.25) is 5.02 Å². The number of hydrogen-bond acceptors (Lipinski definition) is 3. The zero-order chi connectivity index (χ0) is 17.9. The van der Waals surface area contributed by atoms with Crippen molar-refractivity contribution in [2.75, 3.05) is 26.5 Å². The average Bonchev–Trinajstić information content (AvgIpc) is 2.91. The van der Waals surface area contributed by atoms with Gasteiger partial charge in [-0.2, -0.15) is 5.10 Å². The number of carbonyl (C=O) groups excluding carboxylic acids is 2. The Bertz CT molecular complexity index is 757. The number of amides is 3. The van der Waals surface area contributed by atoms with E-state index in [1.807, 2.05) is 13.2 Å². The van der Waals surface area contributed by atoms with Crippen LogP contribution in [0.15, 0.2) is 30.6 Å². The molecule has 2 aromatic rings. The van der Waals surface area contributed by atoms with Crippen molar-refractivity contribution in [3.05, 3.63) is 46.7 Å². The Morgan fingerprint density at radius 2 is 2.00 bits per heavy atom. The summed E-state index contributed by atoms with van der Waals surface area (Å²) in [5.74, 6) is -0.211. The highest BCUT2D eigenvalue weighted by Gasteiger charge is 2.17. The highest BCUT2D eigenvalue weighted by Crippen LogP contribution is 2.22. The molecule has 0 bridgehead atoms. The summed E-state index contributed by atoms with van der Waals surface area (Å²) >= 11 is 6.00. The number of carbonyl (C=O) groups is 2. The molecule has 24 heavy (non-hydrogen) atoms. The van der Waals surface area contributed by atoms with E-state index in [9.17, 15) is 9.59 Å². The normalized spacial score (nSPS) is 10.4. The van der Waals surface area contributed by atoms with Crippen LogP contribution in [0.25, 0.3) is 0 Å². The summed E-state index contributed by atoms with van der Waals surface area (Å²) in [6.45, 7) is 0.400. The Morgan fingerprint density at radius 3 is 2.58 bits per heavy atom. The molecule has 8 heteroatoms. The molecule has 7 nitrogen and oxygen atoms in total. The zero-order valence-electron chi connectivity index (χ0n) is 14.1. The molecule has 1 N–H and O–H groups in total. The van der Waals surface area contributed by atoms with Crippen LogP contribution in [0, 0.1) is 0 Å². The number of nitrogens with one attached hydrogen (secondary N) is 1. The molecule has 0 saturated carbocycles. The fourth-order valence-electron chi connectivity index (χ4n) is 2.16. The van der Waals surface area contributed by atoms with Crippen molar-refractivity contribution in [1.82, 2.24) is 19.6 Å². The molecule has 0 aliphatic rings. The van der Waals surface area contributed by atoms with E-state index in [0.717, 1.165) is 5.56 Å². The first-order valence-corrected chi connectivity index (χ1v) is 7.66. The smallest absolute Gasteiger partial charge is 0.321 e. The summed E-state index contributed by atoms with van der Waals surface area (Å²) in [4.78, 5) is 27.6. The maximum absolute atomic E-state index is 12.4. The third-order valence-corrected chi connectivity index (χ3v) is 3.62. The van der Waals surface area contributed by atoms with E-state index in [-0.39, 0.29) is 11.9 Å². The predicted octanol–water partition coefficient (Wildman–Crippen LogP) is 2.44. The van der Waals surface area contributed by atoms with Crippen LogP contribution in [0.1, 0.15) is 15.9 Å². The average molecular weight is 350 g/mol. The van der Waals surface area contributed by atoms with Gasteiger partial charge in [0.2, 0.25) is 0 Å². The monoisotopic (exact) mass is 349 g/mol. The van der Waals surface area contributed by atoms with Crippen LogP contribution in [-0.2, 0) is 13.6 Å². The largest absolute Gasteiger partial charge is 0.345 e. The van der Waals surface area contributed by atoms with E-state index >= 15 is 0 Å². The van der Waals surface area contributed by atoms with Crippen molar-refractivity contribution in [3.8, 4) is 0 Å². The van der Waals surface area contributed by atoms with E-state index < -0.39 is 0 Å². The van der Waals surface area contributed by atoms with Crippen LogP contribution >= 0.6 is 11.6 Å². The molecule has 3 amide bonds. The Hall–Kier alpha value is -2.54. The standard InChI is InChI=1S/C16H20ClN5O2/c1-20(2)15(23)13-6-5-12(17)7-14(13)19-16(24)21(3)9-11-8-18-22(4)10-11/h5-8,10H,9H2,1-4H3,(H,19,24). The molecule has 0 unspecified atom stereocenters. The summed E-state index contributed by atoms with van der Waals surface area (Å²) in [6, 6.07) is 4.44. The van der Waals surface area contributed by atoms with E-state index in [0.29, 0.717) is 22.8 Å². The molecule has 1 aromatic heterocycles. The van der Waals surface area contributed by atoms with E-state index in [1.165, 1.54) is 9.80 Å². The van der Waals surface area contributed by atoms with Crippen molar-refractivity contribution < 1.29 is 9.59 Å². The molecule has 0 atom stereocenters. The number of nitrogens with zero attached hydrogens (tertiary/aromatic N) is 4. The van der Waals surface area contributed by atoms with Crippen molar-refractivity contribution in [2.45, 2.75) is 6.54 Å². The Morgan fingerprint density at radius 1 is 1.29 bits per heavy atom. The first kappa shape index (κ1) is 17.8. The molecule has 0 saturated heterocycles. The van der Waals surface area contributed by atoms with Crippen molar-refractivity contribution in [1.29, 1.82) is 0 Å². The van der Waals surface area contributed by atoms with Gasteiger partial charge in [0.25, 0.3) is 5.91 Å². The first-order chi connectivity index (χ1) is 11.3. The van der Waals surface area contributed by atoms with Gasteiger partial charge in [0.05, 0.1) is 24.0 Å². The quantitative estimate of drug-likeness (QED) is 0.921. The molecule has 128 valence electrons. The summed E-state index contributed by atoms with van der Waals surface area (Å²) in [7, 11) is 6.78. The van der Waals surface area contributed by atoms with Gasteiger partial charge in [-0.05, 0) is 18.2 Å². The fourth-order valence-corrected chi connectivity index (χ4v) is 2.33. The molecule has 0 aliphatic carbocycles. The van der Waals surface area contributed by atoms with Crippen LogP contribution in [-0.4, -0.2) is 52.7 Å². The predicted molar refractivity (Wildman–Crippen MR) is 93.2 cm³/mol. The van der Waals surface area contributed by atoms with Crippen molar-refractivity contribution in [3.63, 3.8) is 0 Å². The second-order valence-electron chi connectivity index (χ2n) is 5.70. The Kier molecular flexibility index (Phi) is 5.46. The van der Waals surface area contributed by atoms with Gasteiger partial charge in [-0.3, -0.25) is 9.48 Å². The van der Waals surface area contributed by atoms with Crippen molar-refractivity contribution >= 4 is 29.2 Å². The third-order valence-electron chi connectivity index (χ3n) is 3.38. The number of hydrogen-bond donors (Lipinski definition) is 1. The lowest BCUT2D eigenvalue weighted by Crippen LogP contribution is -2.32. The number of aryl methyl sites for hydroxylation is 1. The van der Waals surface area contributed by atoms with Gasteiger partial charge in [-0.25, -0.2) is 4.79 Å². The lowest BCUT2D eigenvalue weighted by Gasteiger charge is -2.19. The number of aromatic nitrogens is 2. The number of halogens is 1. The third kappa shape index (κ3) is 4.26. The summed E-state index contributed by atoms with van der Waals surface area (Å²) < 4.78 is 1.67. The van der Waals surface area contributed by atoms with Gasteiger partial charge < -0.3 is 15.1 Å². The SMILES string of the molecule is CN(C)C(=O)c1ccc(Cl)cc1NC(=O)N(C)Cc1cnn(C)c1. The van der Waals surface area contributed by atoms with Gasteiger partial charge in [0.15, 0.2) is 0 Å². The van der Waals surface area contributed by atoms with Crippen LogP contribution < -0.4 is 5.32 Å². The minimum absolute atomic E-state index is 0.211. The summed E-state index contributed by atoms with van der Waals surface area (Å²) in [5, 5.41) is 7.25. The maximum atomic E-state index is 12.4. The molecule has 1 aromatic carbocycles. The molecular weight excluding hydrogens is 330 g/mol. The van der Waals surface area contributed by atoms with Gasteiger partial charge in [-0.15, -0.1) is 0 Å².